The SMILES string of the molecule is Cc1ccc(-c2ccc(OCC(=O)Nc3nc(-c4ccccc4)cs3)cc2)cc1. The maximum atomic E-state index is 12.2. The molecule has 0 fully saturated rings. The second kappa shape index (κ2) is 8.71. The highest BCUT2D eigenvalue weighted by Gasteiger charge is 2.09. The number of aryl methyl sites for hydroxylation is 1. The number of rotatable bonds is 6. The lowest BCUT2D eigenvalue weighted by atomic mass is 10.0. The van der Waals surface area contributed by atoms with E-state index in [1.807, 2.05) is 60.0 Å². The van der Waals surface area contributed by atoms with E-state index in [9.17, 15) is 4.79 Å². The van der Waals surface area contributed by atoms with Gasteiger partial charge < -0.3 is 4.74 Å². The Morgan fingerprint density at radius 3 is 2.24 bits per heavy atom. The number of benzene rings is 3. The van der Waals surface area contributed by atoms with Crippen LogP contribution in [0.4, 0.5) is 5.13 Å². The normalized spacial score (nSPS) is 10.5. The van der Waals surface area contributed by atoms with Crippen LogP contribution in [0, 0.1) is 6.92 Å². The van der Waals surface area contributed by atoms with Gasteiger partial charge in [-0.15, -0.1) is 11.3 Å². The summed E-state index contributed by atoms with van der Waals surface area (Å²) >= 11 is 1.40. The van der Waals surface area contributed by atoms with Crippen molar-refractivity contribution in [3.8, 4) is 28.1 Å². The number of anilines is 1. The molecule has 0 saturated carbocycles. The molecule has 1 N–H and O–H groups in total. The standard InChI is InChI=1S/C24H20N2O2S/c1-17-7-9-18(10-8-17)19-11-13-21(14-12-19)28-15-23(27)26-24-25-22(16-29-24)20-5-3-2-4-6-20/h2-14,16H,15H2,1H3,(H,25,26,27). The number of aromatic nitrogens is 1. The fourth-order valence-electron chi connectivity index (χ4n) is 2.87. The maximum Gasteiger partial charge on any atom is 0.264 e. The molecule has 4 aromatic rings. The number of hydrogen-bond acceptors (Lipinski definition) is 4. The highest BCUT2D eigenvalue weighted by molar-refractivity contribution is 7.14. The van der Waals surface area contributed by atoms with Gasteiger partial charge in [0.1, 0.15) is 5.75 Å². The van der Waals surface area contributed by atoms with E-state index >= 15 is 0 Å². The second-order valence-electron chi connectivity index (χ2n) is 6.63. The Kier molecular flexibility index (Phi) is 5.68. The lowest BCUT2D eigenvalue weighted by molar-refractivity contribution is -0.118. The molecular weight excluding hydrogens is 380 g/mol. The van der Waals surface area contributed by atoms with E-state index in [1.54, 1.807) is 0 Å². The summed E-state index contributed by atoms with van der Waals surface area (Å²) in [5.74, 6) is 0.418. The average Bonchev–Trinajstić information content (AvgIpc) is 3.22. The van der Waals surface area contributed by atoms with Crippen molar-refractivity contribution >= 4 is 22.4 Å². The van der Waals surface area contributed by atoms with Gasteiger partial charge in [0.05, 0.1) is 5.69 Å². The van der Waals surface area contributed by atoms with E-state index in [0.29, 0.717) is 10.9 Å². The molecule has 29 heavy (non-hydrogen) atoms. The van der Waals surface area contributed by atoms with E-state index in [4.69, 9.17) is 4.74 Å². The number of thiazole rings is 1. The number of hydrogen-bond donors (Lipinski definition) is 1. The van der Waals surface area contributed by atoms with Gasteiger partial charge in [-0.05, 0) is 30.2 Å². The Balaban J connectivity index is 1.32. The van der Waals surface area contributed by atoms with Crippen LogP contribution in [0.25, 0.3) is 22.4 Å². The number of carbonyl (C=O) groups excluding carboxylic acids is 1. The maximum absolute atomic E-state index is 12.2. The Bertz CT molecular complexity index is 1090. The zero-order valence-corrected chi connectivity index (χ0v) is 16.8. The minimum absolute atomic E-state index is 0.0653. The molecule has 0 unspecified atom stereocenters. The van der Waals surface area contributed by atoms with Gasteiger partial charge in [0, 0.05) is 10.9 Å². The van der Waals surface area contributed by atoms with E-state index in [2.05, 4.69) is 41.5 Å². The Morgan fingerprint density at radius 1 is 0.897 bits per heavy atom. The molecule has 0 aliphatic rings. The van der Waals surface area contributed by atoms with Crippen LogP contribution in [0.15, 0.2) is 84.2 Å². The summed E-state index contributed by atoms with van der Waals surface area (Å²) in [4.78, 5) is 16.6. The molecular formula is C24H20N2O2S. The van der Waals surface area contributed by atoms with Gasteiger partial charge in [0.2, 0.25) is 0 Å². The molecule has 0 radical (unpaired) electrons. The van der Waals surface area contributed by atoms with Crippen LogP contribution >= 0.6 is 11.3 Å². The molecule has 4 rings (SSSR count). The van der Waals surface area contributed by atoms with Gasteiger partial charge in [0.15, 0.2) is 11.7 Å². The third-order valence-corrected chi connectivity index (χ3v) is 5.19. The zero-order chi connectivity index (χ0) is 20.1. The first-order valence-corrected chi connectivity index (χ1v) is 10.2. The highest BCUT2D eigenvalue weighted by atomic mass is 32.1. The first-order chi connectivity index (χ1) is 14.2. The van der Waals surface area contributed by atoms with Crippen molar-refractivity contribution < 1.29 is 9.53 Å². The molecule has 1 heterocycles. The van der Waals surface area contributed by atoms with Crippen molar-refractivity contribution in [2.45, 2.75) is 6.92 Å². The van der Waals surface area contributed by atoms with Crippen LogP contribution < -0.4 is 10.1 Å². The third kappa shape index (κ3) is 4.89. The van der Waals surface area contributed by atoms with Crippen molar-refractivity contribution in [3.63, 3.8) is 0 Å². The fraction of sp³-hybridized carbons (Fsp3) is 0.0833. The molecule has 1 amide bonds. The smallest absolute Gasteiger partial charge is 0.264 e. The molecule has 5 heteroatoms. The first-order valence-electron chi connectivity index (χ1n) is 9.28. The molecule has 1 aromatic heterocycles. The Morgan fingerprint density at radius 2 is 1.55 bits per heavy atom. The Labute approximate surface area is 173 Å². The van der Waals surface area contributed by atoms with Gasteiger partial charge in [-0.2, -0.15) is 0 Å². The quantitative estimate of drug-likeness (QED) is 0.445. The van der Waals surface area contributed by atoms with Gasteiger partial charge in [-0.3, -0.25) is 10.1 Å². The van der Waals surface area contributed by atoms with Crippen LogP contribution in [-0.2, 0) is 4.79 Å². The van der Waals surface area contributed by atoms with Crippen LogP contribution in [0.3, 0.4) is 0 Å². The van der Waals surface area contributed by atoms with Crippen molar-refractivity contribution in [2.24, 2.45) is 0 Å². The number of nitrogens with one attached hydrogen (secondary N) is 1. The van der Waals surface area contributed by atoms with Crippen LogP contribution in [0.5, 0.6) is 5.75 Å². The summed E-state index contributed by atoms with van der Waals surface area (Å²) in [5, 5.41) is 5.28. The largest absolute Gasteiger partial charge is 0.484 e. The van der Waals surface area contributed by atoms with Crippen LogP contribution in [0.2, 0.25) is 0 Å². The number of carbonyl (C=O) groups is 1. The molecule has 144 valence electrons. The van der Waals surface area contributed by atoms with Crippen molar-refractivity contribution in [1.29, 1.82) is 0 Å². The summed E-state index contributed by atoms with van der Waals surface area (Å²) in [7, 11) is 0. The molecule has 0 saturated heterocycles. The van der Waals surface area contributed by atoms with E-state index in [0.717, 1.165) is 22.4 Å². The van der Waals surface area contributed by atoms with E-state index in [1.165, 1.54) is 16.9 Å². The van der Waals surface area contributed by atoms with Crippen molar-refractivity contribution in [1.82, 2.24) is 4.98 Å². The number of ether oxygens (including phenoxy) is 1. The lowest BCUT2D eigenvalue weighted by Crippen LogP contribution is -2.20. The molecule has 0 bridgehead atoms. The van der Waals surface area contributed by atoms with Crippen LogP contribution in [0.1, 0.15) is 5.56 Å². The highest BCUT2D eigenvalue weighted by Crippen LogP contribution is 2.25. The van der Waals surface area contributed by atoms with E-state index in [-0.39, 0.29) is 12.5 Å². The molecule has 3 aromatic carbocycles. The summed E-state index contributed by atoms with van der Waals surface area (Å²) in [6, 6.07) is 26.0. The van der Waals surface area contributed by atoms with E-state index < -0.39 is 0 Å². The second-order valence-corrected chi connectivity index (χ2v) is 7.49. The van der Waals surface area contributed by atoms with Crippen molar-refractivity contribution in [3.05, 3.63) is 89.8 Å². The molecule has 0 spiro atoms. The zero-order valence-electron chi connectivity index (χ0n) is 16.0. The first kappa shape index (κ1) is 18.9. The number of nitrogens with zero attached hydrogens (tertiary/aromatic N) is 1. The third-order valence-electron chi connectivity index (χ3n) is 4.43. The van der Waals surface area contributed by atoms with Gasteiger partial charge in [-0.25, -0.2) is 4.98 Å². The summed E-state index contributed by atoms with van der Waals surface area (Å²) < 4.78 is 5.61. The topological polar surface area (TPSA) is 51.2 Å². The predicted molar refractivity (Wildman–Crippen MR) is 118 cm³/mol. The Hall–Kier alpha value is -3.44. The van der Waals surface area contributed by atoms with Crippen molar-refractivity contribution in [2.75, 3.05) is 11.9 Å². The summed E-state index contributed by atoms with van der Waals surface area (Å²) in [5.41, 5.74) is 5.36. The lowest BCUT2D eigenvalue weighted by Gasteiger charge is -2.07. The van der Waals surface area contributed by atoms with Gasteiger partial charge in [-0.1, -0.05) is 72.3 Å². The monoisotopic (exact) mass is 400 g/mol. The number of amides is 1. The minimum atomic E-state index is -0.235. The average molecular weight is 401 g/mol. The molecule has 4 nitrogen and oxygen atoms in total. The predicted octanol–water partition coefficient (Wildman–Crippen LogP) is 5.80. The van der Waals surface area contributed by atoms with Gasteiger partial charge in [0.25, 0.3) is 5.91 Å². The minimum Gasteiger partial charge on any atom is -0.484 e. The summed E-state index contributed by atoms with van der Waals surface area (Å²) in [6.45, 7) is 2.00. The molecule has 0 aliphatic heterocycles. The molecule has 0 atom stereocenters. The summed E-state index contributed by atoms with van der Waals surface area (Å²) in [6.07, 6.45) is 0. The fourth-order valence-corrected chi connectivity index (χ4v) is 3.60. The van der Waals surface area contributed by atoms with Gasteiger partial charge >= 0.3 is 0 Å². The van der Waals surface area contributed by atoms with Crippen LogP contribution in [-0.4, -0.2) is 17.5 Å². The molecule has 0 aliphatic carbocycles.